The topological polar surface area (TPSA) is 66.9 Å². The highest BCUT2D eigenvalue weighted by atomic mass is 32.2. The van der Waals surface area contributed by atoms with Crippen LogP contribution in [0.2, 0.25) is 0 Å². The summed E-state index contributed by atoms with van der Waals surface area (Å²) in [6, 6.07) is 9.01. The van der Waals surface area contributed by atoms with Crippen LogP contribution in [0.15, 0.2) is 30.3 Å². The summed E-state index contributed by atoms with van der Waals surface area (Å²) in [4.78, 5) is 25.8. The van der Waals surface area contributed by atoms with E-state index in [0.717, 1.165) is 14.8 Å². The molecule has 1 aromatic rings. The average Bonchev–Trinajstić information content (AvgIpc) is 2.96. The second-order valence-electron chi connectivity index (χ2n) is 7.31. The molecule has 0 spiro atoms. The monoisotopic (exact) mass is 368 g/mol. The van der Waals surface area contributed by atoms with E-state index in [1.165, 1.54) is 0 Å². The zero-order chi connectivity index (χ0) is 18.4. The number of ether oxygens (including phenoxy) is 1. The Hall–Kier alpha value is -1.96. The van der Waals surface area contributed by atoms with Crippen LogP contribution in [0.25, 0.3) is 0 Å². The Morgan fingerprint density at radius 3 is 2.56 bits per heavy atom. The second kappa shape index (κ2) is 6.09. The number of benzene rings is 1. The van der Waals surface area contributed by atoms with Crippen molar-refractivity contribution in [3.63, 3.8) is 0 Å². The molecule has 25 heavy (non-hydrogen) atoms. The molecule has 3 atom stereocenters. The molecule has 2 fully saturated rings. The molecule has 2 heterocycles. The number of amides is 2. The van der Waals surface area contributed by atoms with E-state index >= 15 is 4.39 Å². The van der Waals surface area contributed by atoms with Crippen LogP contribution < -0.4 is 0 Å². The highest BCUT2D eigenvalue weighted by molar-refractivity contribution is 7.85. The second-order valence-corrected chi connectivity index (χ2v) is 8.93. The Morgan fingerprint density at radius 2 is 2.00 bits per heavy atom. The summed E-state index contributed by atoms with van der Waals surface area (Å²) in [6.07, 6.45) is -0.696. The molecule has 136 valence electrons. The largest absolute Gasteiger partial charge is 0.444 e. The molecule has 0 aliphatic carbocycles. The Labute approximate surface area is 148 Å². The third kappa shape index (κ3) is 3.27. The minimum Gasteiger partial charge on any atom is -0.444 e. The Balaban J connectivity index is 1.75. The third-order valence-electron chi connectivity index (χ3n) is 4.18. The lowest BCUT2D eigenvalue weighted by Crippen LogP contribution is -2.41. The van der Waals surface area contributed by atoms with Gasteiger partial charge in [0.05, 0.1) is 13.1 Å². The van der Waals surface area contributed by atoms with Gasteiger partial charge in [-0.15, -0.1) is 0 Å². The number of carbonyl (C=O) groups is 2. The van der Waals surface area contributed by atoms with Crippen LogP contribution in [0.5, 0.6) is 0 Å². The number of rotatable bonds is 2. The number of nitrogens with zero attached hydrogens (tertiary/aromatic N) is 2. The lowest BCUT2D eigenvalue weighted by atomic mass is 10.1. The van der Waals surface area contributed by atoms with Crippen LogP contribution in [0.1, 0.15) is 26.3 Å². The van der Waals surface area contributed by atoms with Gasteiger partial charge in [-0.1, -0.05) is 30.3 Å². The molecule has 1 aromatic carbocycles. The molecule has 8 heteroatoms. The predicted molar refractivity (Wildman–Crippen MR) is 90.3 cm³/mol. The van der Waals surface area contributed by atoms with E-state index in [1.807, 2.05) is 6.07 Å². The van der Waals surface area contributed by atoms with Gasteiger partial charge in [0.1, 0.15) is 11.5 Å². The van der Waals surface area contributed by atoms with Crippen molar-refractivity contribution >= 4 is 23.0 Å². The van der Waals surface area contributed by atoms with Crippen LogP contribution in [0.4, 0.5) is 9.18 Å². The number of fused-ring (bicyclic) bond motifs is 1. The van der Waals surface area contributed by atoms with Crippen molar-refractivity contribution in [1.82, 2.24) is 9.21 Å². The van der Waals surface area contributed by atoms with E-state index in [2.05, 4.69) is 0 Å². The summed E-state index contributed by atoms with van der Waals surface area (Å²) >= 11 is 0. The lowest BCUT2D eigenvalue weighted by molar-refractivity contribution is -0.130. The van der Waals surface area contributed by atoms with Gasteiger partial charge in [0.15, 0.2) is 11.0 Å². The first-order valence-electron chi connectivity index (χ1n) is 8.06. The first-order valence-corrected chi connectivity index (χ1v) is 9.16. The highest BCUT2D eigenvalue weighted by Crippen LogP contribution is 2.44. The van der Waals surface area contributed by atoms with Gasteiger partial charge in [-0.2, -0.15) is 0 Å². The first-order chi connectivity index (χ1) is 11.6. The number of halogens is 1. The summed E-state index contributed by atoms with van der Waals surface area (Å²) < 4.78 is 34.2. The molecule has 2 aliphatic heterocycles. The van der Waals surface area contributed by atoms with Gasteiger partial charge in [0.25, 0.3) is 0 Å². The minimum atomic E-state index is -2.26. The number of alkyl halides is 1. The molecule has 0 bridgehead atoms. The molecular formula is C17H21FN2O4S. The van der Waals surface area contributed by atoms with E-state index < -0.39 is 46.1 Å². The van der Waals surface area contributed by atoms with Crippen molar-refractivity contribution in [1.29, 1.82) is 0 Å². The highest BCUT2D eigenvalue weighted by Gasteiger charge is 2.65. The fourth-order valence-electron chi connectivity index (χ4n) is 3.02. The fraction of sp³-hybridized carbons (Fsp3) is 0.529. The molecule has 0 radical (unpaired) electrons. The molecule has 2 saturated heterocycles. The first kappa shape index (κ1) is 17.8. The number of hydrogen-bond acceptors (Lipinski definition) is 4. The summed E-state index contributed by atoms with van der Waals surface area (Å²) in [5, 5.41) is -2.26. The van der Waals surface area contributed by atoms with E-state index in [-0.39, 0.29) is 13.1 Å². The number of carbonyl (C=O) groups excluding carboxylic acids is 2. The maximum atomic E-state index is 15.3. The van der Waals surface area contributed by atoms with E-state index in [0.29, 0.717) is 0 Å². The van der Waals surface area contributed by atoms with Crippen molar-refractivity contribution in [3.8, 4) is 0 Å². The zero-order valence-corrected chi connectivity index (χ0v) is 15.2. The van der Waals surface area contributed by atoms with Gasteiger partial charge in [-0.3, -0.25) is 9.10 Å². The SMILES string of the molecule is CC(C)(C)OC(=O)N1CC2C(=O)N(Cc3ccccc3)S(=O)C2(F)C1. The number of hydrogen-bond donors (Lipinski definition) is 0. The molecule has 0 aromatic heterocycles. The van der Waals surface area contributed by atoms with E-state index in [4.69, 9.17) is 4.74 Å². The van der Waals surface area contributed by atoms with Crippen molar-refractivity contribution in [2.75, 3.05) is 13.1 Å². The van der Waals surface area contributed by atoms with Crippen molar-refractivity contribution in [2.24, 2.45) is 5.92 Å². The van der Waals surface area contributed by atoms with E-state index in [1.54, 1.807) is 45.0 Å². The minimum absolute atomic E-state index is 0.0842. The molecule has 3 rings (SSSR count). The van der Waals surface area contributed by atoms with Gasteiger partial charge in [0.2, 0.25) is 10.9 Å². The Bertz CT molecular complexity index is 721. The van der Waals surface area contributed by atoms with Crippen LogP contribution in [-0.2, 0) is 27.1 Å². The zero-order valence-electron chi connectivity index (χ0n) is 14.4. The average molecular weight is 368 g/mol. The molecular weight excluding hydrogens is 347 g/mol. The molecule has 6 nitrogen and oxygen atoms in total. The summed E-state index contributed by atoms with van der Waals surface area (Å²) in [7, 11) is -2.15. The van der Waals surface area contributed by atoms with Gasteiger partial charge in [0, 0.05) is 6.54 Å². The van der Waals surface area contributed by atoms with Crippen molar-refractivity contribution in [2.45, 2.75) is 37.9 Å². The maximum absolute atomic E-state index is 15.3. The molecule has 0 saturated carbocycles. The Kier molecular flexibility index (Phi) is 4.35. The van der Waals surface area contributed by atoms with Crippen LogP contribution in [0.3, 0.4) is 0 Å². The molecule has 2 amide bonds. The smallest absolute Gasteiger partial charge is 0.410 e. The van der Waals surface area contributed by atoms with Crippen LogP contribution in [-0.4, -0.2) is 49.1 Å². The van der Waals surface area contributed by atoms with Gasteiger partial charge in [-0.25, -0.2) is 13.4 Å². The number of likely N-dealkylation sites (tertiary alicyclic amines) is 1. The maximum Gasteiger partial charge on any atom is 0.410 e. The van der Waals surface area contributed by atoms with Gasteiger partial charge in [-0.05, 0) is 26.3 Å². The molecule has 2 aliphatic rings. The quantitative estimate of drug-likeness (QED) is 0.803. The summed E-state index contributed by atoms with van der Waals surface area (Å²) in [5.41, 5.74) is 0.0533. The van der Waals surface area contributed by atoms with Crippen LogP contribution in [0, 0.1) is 5.92 Å². The standard InChI is InChI=1S/C17H21FN2O4S/c1-16(2,3)24-15(22)19-10-13-14(21)20(25(23)17(13,18)11-19)9-12-7-5-4-6-8-12/h4-8,13H,9-11H2,1-3H3. The summed E-state index contributed by atoms with van der Waals surface area (Å²) in [6.45, 7) is 4.67. The summed E-state index contributed by atoms with van der Waals surface area (Å²) in [5.74, 6) is -1.65. The Morgan fingerprint density at radius 1 is 1.36 bits per heavy atom. The normalized spacial score (nSPS) is 29.0. The molecule has 0 N–H and O–H groups in total. The third-order valence-corrected chi connectivity index (χ3v) is 5.89. The molecule has 3 unspecified atom stereocenters. The lowest BCUT2D eigenvalue weighted by Gasteiger charge is -2.26. The van der Waals surface area contributed by atoms with Gasteiger partial charge >= 0.3 is 6.09 Å². The van der Waals surface area contributed by atoms with Gasteiger partial charge < -0.3 is 9.64 Å². The van der Waals surface area contributed by atoms with Crippen molar-refractivity contribution in [3.05, 3.63) is 35.9 Å². The fourth-order valence-corrected chi connectivity index (χ4v) is 4.63. The van der Waals surface area contributed by atoms with Crippen LogP contribution >= 0.6 is 0 Å². The van der Waals surface area contributed by atoms with E-state index in [9.17, 15) is 13.8 Å². The predicted octanol–water partition coefficient (Wildman–Crippen LogP) is 2.23. The van der Waals surface area contributed by atoms with Crippen molar-refractivity contribution < 1.29 is 22.9 Å².